The van der Waals surface area contributed by atoms with Gasteiger partial charge in [0.15, 0.2) is 0 Å². The van der Waals surface area contributed by atoms with Crippen LogP contribution >= 0.6 is 11.6 Å². The molecule has 0 radical (unpaired) electrons. The van der Waals surface area contributed by atoms with E-state index in [1.54, 1.807) is 39.0 Å². The van der Waals surface area contributed by atoms with E-state index in [-0.39, 0.29) is 48.5 Å². The van der Waals surface area contributed by atoms with Crippen LogP contribution in [0.25, 0.3) is 0 Å². The Morgan fingerprint density at radius 3 is 2.34 bits per heavy atom. The number of aliphatic hydroxyl groups is 1. The normalized spacial score (nSPS) is 18.4. The van der Waals surface area contributed by atoms with E-state index < -0.39 is 56.4 Å². The summed E-state index contributed by atoms with van der Waals surface area (Å²) < 4.78 is 38.0. The molecular weight excluding hydrogens is 549 g/mol. The van der Waals surface area contributed by atoms with Crippen molar-refractivity contribution in [3.05, 3.63) is 34.9 Å². The van der Waals surface area contributed by atoms with Gasteiger partial charge in [0.05, 0.1) is 6.04 Å². The molecule has 4 atom stereocenters. The third kappa shape index (κ3) is 9.96. The topological polar surface area (TPSA) is 171 Å². The van der Waals surface area contributed by atoms with Crippen molar-refractivity contribution in [3.8, 4) is 0 Å². The molecular formula is C24H37ClN3NaO8S. The van der Waals surface area contributed by atoms with Gasteiger partial charge in [0.1, 0.15) is 12.6 Å². The van der Waals surface area contributed by atoms with Crippen LogP contribution in [0.15, 0.2) is 24.3 Å². The SMILES string of the molecule is CC(C)(COC(=O)NC(C(=O)N[C@@H](CC1CCNC1=O)C(O)S(=O)(=O)O)C(C)(C)C)c1cccc(Cl)c1.[NaH]. The number of hydrogen-bond acceptors (Lipinski definition) is 7. The number of rotatable bonds is 10. The molecule has 14 heteroatoms. The summed E-state index contributed by atoms with van der Waals surface area (Å²) in [5.74, 6) is -1.83. The summed E-state index contributed by atoms with van der Waals surface area (Å²) in [7, 11) is -4.96. The number of carbonyl (C=O) groups is 3. The minimum atomic E-state index is -4.96. The molecule has 0 spiro atoms. The number of hydrogen-bond donors (Lipinski definition) is 5. The zero-order chi connectivity index (χ0) is 28.2. The number of amides is 3. The first-order valence-electron chi connectivity index (χ1n) is 11.8. The molecule has 1 aliphatic rings. The van der Waals surface area contributed by atoms with Crippen LogP contribution in [0.2, 0.25) is 5.02 Å². The van der Waals surface area contributed by atoms with Crippen LogP contribution in [0.3, 0.4) is 0 Å². The van der Waals surface area contributed by atoms with Crippen LogP contribution in [-0.2, 0) is 29.9 Å². The van der Waals surface area contributed by atoms with Gasteiger partial charge in [-0.2, -0.15) is 8.42 Å². The molecule has 0 aromatic heterocycles. The van der Waals surface area contributed by atoms with Crippen LogP contribution in [0, 0.1) is 11.3 Å². The molecule has 38 heavy (non-hydrogen) atoms. The Bertz CT molecular complexity index is 1110. The molecule has 1 aromatic carbocycles. The Labute approximate surface area is 250 Å². The van der Waals surface area contributed by atoms with Crippen molar-refractivity contribution >= 4 is 69.2 Å². The second kappa shape index (κ2) is 13.8. The molecule has 1 aliphatic heterocycles. The molecule has 2 rings (SSSR count). The first-order valence-corrected chi connectivity index (χ1v) is 13.7. The number of alkyl carbamates (subject to hydrolysis) is 1. The second-order valence-corrected chi connectivity index (χ2v) is 12.9. The fraction of sp³-hybridized carbons (Fsp3) is 0.625. The Balaban J connectivity index is 0.00000722. The van der Waals surface area contributed by atoms with Crippen molar-refractivity contribution in [2.75, 3.05) is 13.2 Å². The van der Waals surface area contributed by atoms with Gasteiger partial charge in [-0.15, -0.1) is 0 Å². The van der Waals surface area contributed by atoms with Gasteiger partial charge in [-0.3, -0.25) is 14.1 Å². The second-order valence-electron chi connectivity index (χ2n) is 10.9. The zero-order valence-corrected chi connectivity index (χ0v) is 23.1. The number of ether oxygens (including phenoxy) is 1. The molecule has 0 aliphatic carbocycles. The average molecular weight is 586 g/mol. The van der Waals surface area contributed by atoms with Crippen LogP contribution in [-0.4, -0.2) is 96.2 Å². The van der Waals surface area contributed by atoms with E-state index in [9.17, 15) is 32.5 Å². The number of carbonyl (C=O) groups excluding carboxylic acids is 3. The van der Waals surface area contributed by atoms with E-state index in [0.29, 0.717) is 18.0 Å². The maximum absolute atomic E-state index is 13.2. The van der Waals surface area contributed by atoms with Gasteiger partial charge in [0, 0.05) is 22.9 Å². The molecule has 210 valence electrons. The quantitative estimate of drug-likeness (QED) is 0.202. The zero-order valence-electron chi connectivity index (χ0n) is 21.6. The predicted molar refractivity (Wildman–Crippen MR) is 145 cm³/mol. The summed E-state index contributed by atoms with van der Waals surface area (Å²) in [6.45, 7) is 9.08. The summed E-state index contributed by atoms with van der Waals surface area (Å²) in [4.78, 5) is 37.9. The standard InChI is InChI=1S/C24H36ClN3O8S.Na.H/c1-23(2,3)18(28-22(32)36-13-24(4,5)15-7-6-8-16(25)12-15)20(30)27-17(21(31)37(33,34)35)11-14-9-10-26-19(14)29;;/h6-8,12,14,17-18,21,31H,9-11,13H2,1-5H3,(H,26,29)(H,27,30)(H,28,32)(H,33,34,35);;/t14?,17-,18?,21?;;/m0../s1. The Hall–Kier alpha value is -1.41. The third-order valence-electron chi connectivity index (χ3n) is 6.24. The summed E-state index contributed by atoms with van der Waals surface area (Å²) >= 11 is 6.06. The van der Waals surface area contributed by atoms with Crippen molar-refractivity contribution in [1.82, 2.24) is 16.0 Å². The Morgan fingerprint density at radius 1 is 1.21 bits per heavy atom. The first-order chi connectivity index (χ1) is 16.9. The maximum atomic E-state index is 13.2. The Kier molecular flexibility index (Phi) is 12.6. The van der Waals surface area contributed by atoms with Crippen LogP contribution in [0.1, 0.15) is 53.0 Å². The number of benzene rings is 1. The molecule has 3 unspecified atom stereocenters. The number of nitrogens with one attached hydrogen (secondary N) is 3. The molecule has 5 N–H and O–H groups in total. The van der Waals surface area contributed by atoms with E-state index in [1.807, 2.05) is 19.9 Å². The molecule has 1 heterocycles. The van der Waals surface area contributed by atoms with Crippen LogP contribution in [0.4, 0.5) is 4.79 Å². The molecule has 3 amide bonds. The van der Waals surface area contributed by atoms with E-state index >= 15 is 0 Å². The Morgan fingerprint density at radius 2 is 1.84 bits per heavy atom. The monoisotopic (exact) mass is 585 g/mol. The average Bonchev–Trinajstić information content (AvgIpc) is 3.18. The molecule has 1 aromatic rings. The molecule has 1 fully saturated rings. The van der Waals surface area contributed by atoms with Crippen molar-refractivity contribution in [3.63, 3.8) is 0 Å². The van der Waals surface area contributed by atoms with E-state index in [2.05, 4.69) is 16.0 Å². The van der Waals surface area contributed by atoms with Gasteiger partial charge in [0.2, 0.25) is 17.3 Å². The van der Waals surface area contributed by atoms with E-state index in [0.717, 1.165) is 5.56 Å². The predicted octanol–water partition coefficient (Wildman–Crippen LogP) is 1.33. The van der Waals surface area contributed by atoms with Crippen molar-refractivity contribution in [1.29, 1.82) is 0 Å². The summed E-state index contributed by atoms with van der Waals surface area (Å²) in [5, 5.41) is 18.2. The van der Waals surface area contributed by atoms with Gasteiger partial charge in [-0.1, -0.05) is 58.4 Å². The fourth-order valence-corrected chi connectivity index (χ4v) is 4.75. The summed E-state index contributed by atoms with van der Waals surface area (Å²) in [5.41, 5.74) is -2.97. The van der Waals surface area contributed by atoms with Crippen LogP contribution in [0.5, 0.6) is 0 Å². The van der Waals surface area contributed by atoms with Gasteiger partial charge in [0.25, 0.3) is 10.1 Å². The van der Waals surface area contributed by atoms with E-state index in [4.69, 9.17) is 16.3 Å². The summed E-state index contributed by atoms with van der Waals surface area (Å²) in [6.07, 6.45) is -0.737. The molecule has 0 bridgehead atoms. The molecule has 0 saturated carbocycles. The summed E-state index contributed by atoms with van der Waals surface area (Å²) in [6, 6.07) is 4.42. The minimum absolute atomic E-state index is 0. The van der Waals surface area contributed by atoms with Gasteiger partial charge in [-0.05, 0) is 36.0 Å². The van der Waals surface area contributed by atoms with Crippen LogP contribution < -0.4 is 16.0 Å². The molecule has 1 saturated heterocycles. The van der Waals surface area contributed by atoms with Gasteiger partial charge < -0.3 is 25.8 Å². The van der Waals surface area contributed by atoms with Crippen molar-refractivity contribution in [2.45, 2.75) is 70.4 Å². The van der Waals surface area contributed by atoms with Crippen molar-refractivity contribution < 1.29 is 37.2 Å². The van der Waals surface area contributed by atoms with Gasteiger partial charge in [-0.25, -0.2) is 4.79 Å². The third-order valence-corrected chi connectivity index (χ3v) is 7.41. The fourth-order valence-electron chi connectivity index (χ4n) is 3.97. The van der Waals surface area contributed by atoms with Crippen molar-refractivity contribution in [2.24, 2.45) is 11.3 Å². The molecule has 11 nitrogen and oxygen atoms in total. The van der Waals surface area contributed by atoms with Gasteiger partial charge >= 0.3 is 35.7 Å². The first kappa shape index (κ1) is 34.6. The number of aliphatic hydroxyl groups excluding tert-OH is 1. The number of halogens is 1. The van der Waals surface area contributed by atoms with E-state index in [1.165, 1.54) is 0 Å².